The minimum atomic E-state index is -0.444. The standard InChI is InChI=1S/C8H17N3O2.ClH/c1-11(8(9)13)6-4-7(12)2-3-10-5-6;/h6-7,10,12H,2-5H2,1H3,(H2,9,13);1H. The number of aliphatic hydroxyl groups excluding tert-OH is 1. The second kappa shape index (κ2) is 6.06. The Morgan fingerprint density at radius 2 is 2.29 bits per heavy atom. The lowest BCUT2D eigenvalue weighted by Crippen LogP contribution is -2.45. The maximum atomic E-state index is 10.9. The molecule has 0 aromatic rings. The van der Waals surface area contributed by atoms with E-state index in [-0.39, 0.29) is 24.6 Å². The highest BCUT2D eigenvalue weighted by Gasteiger charge is 2.23. The van der Waals surface area contributed by atoms with E-state index in [0.717, 1.165) is 13.0 Å². The van der Waals surface area contributed by atoms with Crippen LogP contribution in [0.15, 0.2) is 0 Å². The molecule has 84 valence electrons. The largest absolute Gasteiger partial charge is 0.393 e. The van der Waals surface area contributed by atoms with E-state index >= 15 is 0 Å². The van der Waals surface area contributed by atoms with E-state index in [4.69, 9.17) is 5.73 Å². The Labute approximate surface area is 90.0 Å². The number of rotatable bonds is 1. The smallest absolute Gasteiger partial charge is 0.314 e. The van der Waals surface area contributed by atoms with Gasteiger partial charge in [0.25, 0.3) is 0 Å². The number of amides is 2. The van der Waals surface area contributed by atoms with Crippen LogP contribution in [0.25, 0.3) is 0 Å². The van der Waals surface area contributed by atoms with Gasteiger partial charge in [-0.25, -0.2) is 4.79 Å². The summed E-state index contributed by atoms with van der Waals surface area (Å²) in [5.74, 6) is 0. The molecule has 5 nitrogen and oxygen atoms in total. The van der Waals surface area contributed by atoms with Crippen molar-refractivity contribution in [2.24, 2.45) is 5.73 Å². The highest BCUT2D eigenvalue weighted by atomic mass is 35.5. The number of primary amides is 1. The van der Waals surface area contributed by atoms with Crippen molar-refractivity contribution in [3.63, 3.8) is 0 Å². The molecule has 0 bridgehead atoms. The zero-order valence-electron chi connectivity index (χ0n) is 8.27. The first-order valence-electron chi connectivity index (χ1n) is 4.52. The minimum absolute atomic E-state index is 0. The van der Waals surface area contributed by atoms with E-state index in [0.29, 0.717) is 13.0 Å². The molecule has 2 amide bonds. The van der Waals surface area contributed by atoms with Gasteiger partial charge < -0.3 is 21.1 Å². The molecule has 0 aromatic carbocycles. The van der Waals surface area contributed by atoms with E-state index < -0.39 is 6.03 Å². The van der Waals surface area contributed by atoms with Gasteiger partial charge in [-0.15, -0.1) is 12.4 Å². The predicted octanol–water partition coefficient (Wildman–Crippen LogP) is -0.468. The van der Waals surface area contributed by atoms with Gasteiger partial charge in [0.05, 0.1) is 6.10 Å². The van der Waals surface area contributed by atoms with Crippen LogP contribution in [0.5, 0.6) is 0 Å². The lowest BCUT2D eigenvalue weighted by molar-refractivity contribution is 0.129. The van der Waals surface area contributed by atoms with E-state index in [1.54, 1.807) is 7.05 Å². The molecule has 1 rings (SSSR count). The molecule has 4 N–H and O–H groups in total. The maximum Gasteiger partial charge on any atom is 0.314 e. The Balaban J connectivity index is 0.00000169. The minimum Gasteiger partial charge on any atom is -0.393 e. The van der Waals surface area contributed by atoms with Gasteiger partial charge in [0.2, 0.25) is 0 Å². The van der Waals surface area contributed by atoms with Gasteiger partial charge in [0.1, 0.15) is 0 Å². The summed E-state index contributed by atoms with van der Waals surface area (Å²) in [6.45, 7) is 1.50. The van der Waals surface area contributed by atoms with Gasteiger partial charge in [-0.05, 0) is 19.4 Å². The van der Waals surface area contributed by atoms with Crippen LogP contribution < -0.4 is 11.1 Å². The quantitative estimate of drug-likeness (QED) is 0.563. The van der Waals surface area contributed by atoms with Crippen molar-refractivity contribution < 1.29 is 9.90 Å². The summed E-state index contributed by atoms with van der Waals surface area (Å²) in [5.41, 5.74) is 5.14. The number of carbonyl (C=O) groups is 1. The van der Waals surface area contributed by atoms with Gasteiger partial charge in [0.15, 0.2) is 0 Å². The van der Waals surface area contributed by atoms with Gasteiger partial charge in [-0.1, -0.05) is 0 Å². The summed E-state index contributed by atoms with van der Waals surface area (Å²) in [6, 6.07) is -0.434. The lowest BCUT2D eigenvalue weighted by atomic mass is 10.1. The highest BCUT2D eigenvalue weighted by molar-refractivity contribution is 5.85. The molecular formula is C8H18ClN3O2. The van der Waals surface area contributed by atoms with Gasteiger partial charge in [0, 0.05) is 19.6 Å². The number of hydrogen-bond acceptors (Lipinski definition) is 3. The summed E-state index contributed by atoms with van der Waals surface area (Å²) in [7, 11) is 1.66. The van der Waals surface area contributed by atoms with E-state index in [1.165, 1.54) is 4.90 Å². The number of urea groups is 1. The van der Waals surface area contributed by atoms with Crippen LogP contribution in [0.4, 0.5) is 4.79 Å². The predicted molar refractivity (Wildman–Crippen MR) is 56.5 cm³/mol. The molecule has 6 heteroatoms. The number of likely N-dealkylation sites (N-methyl/N-ethyl adjacent to an activating group) is 1. The van der Waals surface area contributed by atoms with Gasteiger partial charge in [-0.3, -0.25) is 0 Å². The third-order valence-electron chi connectivity index (χ3n) is 2.47. The number of nitrogens with zero attached hydrogens (tertiary/aromatic N) is 1. The van der Waals surface area contributed by atoms with Crippen LogP contribution in [-0.2, 0) is 0 Å². The summed E-state index contributed by atoms with van der Waals surface area (Å²) >= 11 is 0. The number of halogens is 1. The molecule has 2 atom stereocenters. The molecule has 1 aliphatic rings. The van der Waals surface area contributed by atoms with Gasteiger partial charge in [-0.2, -0.15) is 0 Å². The monoisotopic (exact) mass is 223 g/mol. The first kappa shape index (κ1) is 13.5. The molecule has 1 heterocycles. The fourth-order valence-electron chi connectivity index (χ4n) is 1.53. The summed E-state index contributed by atoms with van der Waals surface area (Å²) in [5, 5.41) is 12.6. The average Bonchev–Trinajstić information content (AvgIpc) is 2.28. The number of nitrogens with two attached hydrogens (primary N) is 1. The van der Waals surface area contributed by atoms with Crippen molar-refractivity contribution in [2.45, 2.75) is 25.0 Å². The van der Waals surface area contributed by atoms with E-state index in [1.807, 2.05) is 0 Å². The number of aliphatic hydroxyl groups is 1. The van der Waals surface area contributed by atoms with Crippen LogP contribution >= 0.6 is 12.4 Å². The van der Waals surface area contributed by atoms with E-state index in [2.05, 4.69) is 5.32 Å². The summed E-state index contributed by atoms with van der Waals surface area (Å²) < 4.78 is 0. The molecule has 14 heavy (non-hydrogen) atoms. The molecule has 1 fully saturated rings. The van der Waals surface area contributed by atoms with Crippen LogP contribution in [0, 0.1) is 0 Å². The molecule has 0 saturated carbocycles. The SMILES string of the molecule is CN(C(N)=O)C1CNCCC(O)C1.Cl. The molecular weight excluding hydrogens is 206 g/mol. The highest BCUT2D eigenvalue weighted by Crippen LogP contribution is 2.10. The number of hydrogen-bond donors (Lipinski definition) is 3. The lowest BCUT2D eigenvalue weighted by Gasteiger charge is -2.26. The van der Waals surface area contributed by atoms with Crippen molar-refractivity contribution in [1.29, 1.82) is 0 Å². The third-order valence-corrected chi connectivity index (χ3v) is 2.47. The average molecular weight is 224 g/mol. The van der Waals surface area contributed by atoms with Crippen LogP contribution in [0.2, 0.25) is 0 Å². The summed E-state index contributed by atoms with van der Waals surface area (Å²) in [4.78, 5) is 12.3. The zero-order valence-corrected chi connectivity index (χ0v) is 9.09. The normalized spacial score (nSPS) is 27.3. The Bertz CT molecular complexity index is 191. The van der Waals surface area contributed by atoms with Crippen molar-refractivity contribution in [1.82, 2.24) is 10.2 Å². The first-order valence-corrected chi connectivity index (χ1v) is 4.52. The molecule has 2 unspecified atom stereocenters. The van der Waals surface area contributed by atoms with Crippen molar-refractivity contribution in [3.05, 3.63) is 0 Å². The molecule has 0 radical (unpaired) electrons. The third kappa shape index (κ3) is 3.69. The van der Waals surface area contributed by atoms with Crippen molar-refractivity contribution >= 4 is 18.4 Å². The Kier molecular flexibility index (Phi) is 5.83. The second-order valence-corrected chi connectivity index (χ2v) is 3.49. The molecule has 0 aromatic heterocycles. The fraction of sp³-hybridized carbons (Fsp3) is 0.875. The van der Waals surface area contributed by atoms with Crippen LogP contribution in [-0.4, -0.2) is 48.3 Å². The van der Waals surface area contributed by atoms with Crippen molar-refractivity contribution in [2.75, 3.05) is 20.1 Å². The van der Waals surface area contributed by atoms with E-state index in [9.17, 15) is 9.90 Å². The van der Waals surface area contributed by atoms with Crippen molar-refractivity contribution in [3.8, 4) is 0 Å². The number of nitrogens with one attached hydrogen (secondary N) is 1. The molecule has 0 aliphatic carbocycles. The van der Waals surface area contributed by atoms with Crippen LogP contribution in [0.3, 0.4) is 0 Å². The summed E-state index contributed by atoms with van der Waals surface area (Å²) in [6.07, 6.45) is 1.01. The Morgan fingerprint density at radius 1 is 1.64 bits per heavy atom. The first-order chi connectivity index (χ1) is 6.11. The molecule has 1 aliphatic heterocycles. The molecule has 1 saturated heterocycles. The Hall–Kier alpha value is -0.520. The maximum absolute atomic E-state index is 10.9. The van der Waals surface area contributed by atoms with Gasteiger partial charge >= 0.3 is 6.03 Å². The zero-order chi connectivity index (χ0) is 9.84. The fourth-order valence-corrected chi connectivity index (χ4v) is 1.53. The second-order valence-electron chi connectivity index (χ2n) is 3.49. The van der Waals surface area contributed by atoms with Crippen LogP contribution in [0.1, 0.15) is 12.8 Å². The topological polar surface area (TPSA) is 78.6 Å². The Morgan fingerprint density at radius 3 is 2.86 bits per heavy atom. The number of carbonyl (C=O) groups excluding carboxylic acids is 1. The molecule has 0 spiro atoms.